The first-order valence-corrected chi connectivity index (χ1v) is 5.53. The standard InChI is InChI=1S/C10H8BrF3O3/c1-16-7-3-2-4-8(17-10(12,13)14)9(7)6(15)5-11/h2-4H,5H2,1H3. The smallest absolute Gasteiger partial charge is 0.496 e. The van der Waals surface area contributed by atoms with Crippen molar-refractivity contribution in [2.45, 2.75) is 6.36 Å². The van der Waals surface area contributed by atoms with Gasteiger partial charge in [0.2, 0.25) is 0 Å². The molecule has 0 fully saturated rings. The fraction of sp³-hybridized carbons (Fsp3) is 0.300. The second-order valence-corrected chi connectivity index (χ2v) is 3.50. The van der Waals surface area contributed by atoms with Crippen LogP contribution in [0.4, 0.5) is 13.2 Å². The number of benzene rings is 1. The van der Waals surface area contributed by atoms with Crippen molar-refractivity contribution in [3.63, 3.8) is 0 Å². The largest absolute Gasteiger partial charge is 0.573 e. The fourth-order valence-corrected chi connectivity index (χ4v) is 1.51. The van der Waals surface area contributed by atoms with Crippen LogP contribution in [-0.2, 0) is 0 Å². The van der Waals surface area contributed by atoms with Crippen molar-refractivity contribution in [2.75, 3.05) is 12.4 Å². The number of ether oxygens (including phenoxy) is 2. The van der Waals surface area contributed by atoms with Crippen LogP contribution in [-0.4, -0.2) is 24.6 Å². The van der Waals surface area contributed by atoms with Crippen molar-refractivity contribution in [3.8, 4) is 11.5 Å². The molecule has 1 aromatic carbocycles. The normalized spacial score (nSPS) is 11.1. The highest BCUT2D eigenvalue weighted by atomic mass is 79.9. The Kier molecular flexibility index (Phi) is 4.39. The van der Waals surface area contributed by atoms with Crippen LogP contribution >= 0.6 is 15.9 Å². The first-order chi connectivity index (χ1) is 7.89. The molecule has 3 nitrogen and oxygen atoms in total. The maximum Gasteiger partial charge on any atom is 0.573 e. The van der Waals surface area contributed by atoms with Crippen LogP contribution in [0.5, 0.6) is 11.5 Å². The van der Waals surface area contributed by atoms with Crippen LogP contribution in [0, 0.1) is 0 Å². The maximum atomic E-state index is 12.1. The van der Waals surface area contributed by atoms with E-state index >= 15 is 0 Å². The molecule has 0 amide bonds. The topological polar surface area (TPSA) is 35.5 Å². The Hall–Kier alpha value is -1.24. The third-order valence-electron chi connectivity index (χ3n) is 1.83. The van der Waals surface area contributed by atoms with Gasteiger partial charge in [-0.25, -0.2) is 0 Å². The molecule has 0 saturated carbocycles. The molecule has 1 rings (SSSR count). The molecule has 0 aliphatic heterocycles. The van der Waals surface area contributed by atoms with Gasteiger partial charge in [0.05, 0.1) is 12.4 Å². The summed E-state index contributed by atoms with van der Waals surface area (Å²) in [6.07, 6.45) is -4.85. The average molecular weight is 313 g/mol. The van der Waals surface area contributed by atoms with Crippen LogP contribution in [0.15, 0.2) is 18.2 Å². The number of carbonyl (C=O) groups excluding carboxylic acids is 1. The zero-order valence-electron chi connectivity index (χ0n) is 8.68. The molecule has 0 radical (unpaired) electrons. The number of rotatable bonds is 4. The second kappa shape index (κ2) is 5.39. The molecule has 7 heteroatoms. The van der Waals surface area contributed by atoms with Crippen LogP contribution in [0.25, 0.3) is 0 Å². The molecule has 0 atom stereocenters. The van der Waals surface area contributed by atoms with Gasteiger partial charge in [0.1, 0.15) is 17.1 Å². The Bertz CT molecular complexity index is 418. The lowest BCUT2D eigenvalue weighted by atomic mass is 10.1. The van der Waals surface area contributed by atoms with Crippen LogP contribution in [0.1, 0.15) is 10.4 Å². The number of methoxy groups -OCH3 is 1. The molecule has 0 aliphatic carbocycles. The van der Waals surface area contributed by atoms with Gasteiger partial charge in [0, 0.05) is 0 Å². The quantitative estimate of drug-likeness (QED) is 0.633. The van der Waals surface area contributed by atoms with Crippen molar-refractivity contribution in [1.29, 1.82) is 0 Å². The van der Waals surface area contributed by atoms with Gasteiger partial charge >= 0.3 is 6.36 Å². The van der Waals surface area contributed by atoms with Crippen LogP contribution in [0.2, 0.25) is 0 Å². The Morgan fingerprint density at radius 3 is 2.41 bits per heavy atom. The van der Waals surface area contributed by atoms with E-state index in [4.69, 9.17) is 4.74 Å². The zero-order valence-corrected chi connectivity index (χ0v) is 10.3. The summed E-state index contributed by atoms with van der Waals surface area (Å²) in [6.45, 7) is 0. The third-order valence-corrected chi connectivity index (χ3v) is 2.34. The molecule has 0 aromatic heterocycles. The highest BCUT2D eigenvalue weighted by Crippen LogP contribution is 2.33. The summed E-state index contributed by atoms with van der Waals surface area (Å²) in [6, 6.07) is 3.76. The molecule has 0 spiro atoms. The van der Waals surface area contributed by atoms with Crippen LogP contribution < -0.4 is 9.47 Å². The second-order valence-electron chi connectivity index (χ2n) is 2.94. The van der Waals surface area contributed by atoms with E-state index in [-0.39, 0.29) is 16.6 Å². The van der Waals surface area contributed by atoms with E-state index in [9.17, 15) is 18.0 Å². The number of hydrogen-bond acceptors (Lipinski definition) is 3. The lowest BCUT2D eigenvalue weighted by Gasteiger charge is -2.14. The number of halogens is 4. The Morgan fingerprint density at radius 1 is 1.35 bits per heavy atom. The number of alkyl halides is 4. The molecule has 94 valence electrons. The summed E-state index contributed by atoms with van der Waals surface area (Å²) >= 11 is 2.89. The summed E-state index contributed by atoms with van der Waals surface area (Å²) in [7, 11) is 1.26. The van der Waals surface area contributed by atoms with Gasteiger partial charge in [-0.3, -0.25) is 4.79 Å². The highest BCUT2D eigenvalue weighted by molar-refractivity contribution is 9.09. The predicted molar refractivity (Wildman–Crippen MR) is 57.8 cm³/mol. The van der Waals surface area contributed by atoms with Crippen molar-refractivity contribution in [1.82, 2.24) is 0 Å². The maximum absolute atomic E-state index is 12.1. The minimum Gasteiger partial charge on any atom is -0.496 e. The first-order valence-electron chi connectivity index (χ1n) is 4.41. The van der Waals surface area contributed by atoms with Crippen molar-refractivity contribution >= 4 is 21.7 Å². The Balaban J connectivity index is 3.24. The summed E-state index contributed by atoms with van der Waals surface area (Å²) in [5, 5.41) is -0.123. The molecule has 0 aliphatic rings. The number of ketones is 1. The van der Waals surface area contributed by atoms with E-state index in [0.29, 0.717) is 0 Å². The highest BCUT2D eigenvalue weighted by Gasteiger charge is 2.33. The minimum atomic E-state index is -4.85. The molecule has 0 bridgehead atoms. The summed E-state index contributed by atoms with van der Waals surface area (Å²) < 4.78 is 45.0. The molecule has 17 heavy (non-hydrogen) atoms. The van der Waals surface area contributed by atoms with Gasteiger partial charge in [-0.05, 0) is 12.1 Å². The summed E-state index contributed by atoms with van der Waals surface area (Å²) in [4.78, 5) is 11.5. The lowest BCUT2D eigenvalue weighted by molar-refractivity contribution is -0.274. The van der Waals surface area contributed by atoms with Gasteiger partial charge < -0.3 is 9.47 Å². The van der Waals surface area contributed by atoms with E-state index in [2.05, 4.69) is 20.7 Å². The van der Waals surface area contributed by atoms with E-state index in [1.165, 1.54) is 19.2 Å². The first kappa shape index (κ1) is 13.8. The van der Waals surface area contributed by atoms with E-state index < -0.39 is 17.9 Å². The molecular weight excluding hydrogens is 305 g/mol. The average Bonchev–Trinajstić information content (AvgIpc) is 2.25. The van der Waals surface area contributed by atoms with Gasteiger partial charge in [-0.1, -0.05) is 22.0 Å². The van der Waals surface area contributed by atoms with Gasteiger partial charge in [-0.15, -0.1) is 13.2 Å². The molecular formula is C10H8BrF3O3. The zero-order chi connectivity index (χ0) is 13.1. The van der Waals surface area contributed by atoms with E-state index in [0.717, 1.165) is 6.07 Å². The minimum absolute atomic E-state index is 0.0381. The van der Waals surface area contributed by atoms with Gasteiger partial charge in [-0.2, -0.15) is 0 Å². The molecule has 1 aromatic rings. The summed E-state index contributed by atoms with van der Waals surface area (Å²) in [5.74, 6) is -1.08. The number of Topliss-reactive ketones (excluding diaryl/α,β-unsaturated/α-hetero) is 1. The third kappa shape index (κ3) is 3.62. The van der Waals surface area contributed by atoms with Gasteiger partial charge in [0.25, 0.3) is 0 Å². The molecule has 0 saturated heterocycles. The Morgan fingerprint density at radius 2 is 1.94 bits per heavy atom. The summed E-state index contributed by atoms with van der Waals surface area (Å²) in [5.41, 5.74) is -0.232. The molecule has 0 N–H and O–H groups in total. The lowest BCUT2D eigenvalue weighted by Crippen LogP contribution is -2.19. The van der Waals surface area contributed by atoms with Gasteiger partial charge in [0.15, 0.2) is 5.78 Å². The van der Waals surface area contributed by atoms with Crippen molar-refractivity contribution < 1.29 is 27.4 Å². The number of carbonyl (C=O) groups is 1. The van der Waals surface area contributed by atoms with E-state index in [1.54, 1.807) is 0 Å². The SMILES string of the molecule is COc1cccc(OC(F)(F)F)c1C(=O)CBr. The van der Waals surface area contributed by atoms with E-state index in [1.807, 2.05) is 0 Å². The number of hydrogen-bond donors (Lipinski definition) is 0. The predicted octanol–water partition coefficient (Wildman–Crippen LogP) is 3.17. The van der Waals surface area contributed by atoms with Crippen molar-refractivity contribution in [2.24, 2.45) is 0 Å². The molecule has 0 unspecified atom stereocenters. The Labute approximate surface area is 104 Å². The fourth-order valence-electron chi connectivity index (χ4n) is 1.23. The monoisotopic (exact) mass is 312 g/mol. The molecule has 0 heterocycles. The van der Waals surface area contributed by atoms with Crippen LogP contribution in [0.3, 0.4) is 0 Å². The van der Waals surface area contributed by atoms with Crippen molar-refractivity contribution in [3.05, 3.63) is 23.8 Å².